The van der Waals surface area contributed by atoms with Gasteiger partial charge >= 0.3 is 0 Å². The number of aliphatic hydroxyl groups excluding tert-OH is 1. The highest BCUT2D eigenvalue weighted by molar-refractivity contribution is 6.35. The Morgan fingerprint density at radius 1 is 1.27 bits per heavy atom. The van der Waals surface area contributed by atoms with Crippen LogP contribution in [0.3, 0.4) is 0 Å². The number of rotatable bonds is 7. The van der Waals surface area contributed by atoms with E-state index in [-0.39, 0.29) is 23.6 Å². The molecule has 174 valence electrons. The molecule has 3 heterocycles. The van der Waals surface area contributed by atoms with Crippen molar-refractivity contribution in [3.05, 3.63) is 67.4 Å². The lowest BCUT2D eigenvalue weighted by Gasteiger charge is -2.61. The lowest BCUT2D eigenvalue weighted by Crippen LogP contribution is -2.63. The van der Waals surface area contributed by atoms with Gasteiger partial charge in [0.05, 0.1) is 29.4 Å². The lowest BCUT2D eigenvalue weighted by atomic mass is 9.54. The van der Waals surface area contributed by atoms with Crippen LogP contribution in [-0.2, 0) is 13.5 Å². The summed E-state index contributed by atoms with van der Waals surface area (Å²) in [6.45, 7) is 3.22. The molecule has 0 unspecified atom stereocenters. The molecule has 1 atom stereocenters. The Morgan fingerprint density at radius 3 is 2.79 bits per heavy atom. The second-order valence-electron chi connectivity index (χ2n) is 9.72. The molecule has 0 radical (unpaired) electrons. The van der Waals surface area contributed by atoms with Gasteiger partial charge in [0.25, 0.3) is 11.1 Å². The molecule has 2 aliphatic rings. The Morgan fingerprint density at radius 2 is 2.06 bits per heavy atom. The van der Waals surface area contributed by atoms with Gasteiger partial charge in [-0.2, -0.15) is 10.2 Å². The fraction of sp³-hybridized carbons (Fsp3) is 0.500. The van der Waals surface area contributed by atoms with Crippen LogP contribution in [0.4, 0.5) is 0 Å². The average molecular weight is 470 g/mol. The van der Waals surface area contributed by atoms with Crippen LogP contribution in [0.2, 0.25) is 5.02 Å². The van der Waals surface area contributed by atoms with Gasteiger partial charge in [-0.05, 0) is 60.8 Å². The number of likely N-dealkylation sites (tertiary alicyclic amines) is 1. The number of aliphatic hydroxyl groups is 1. The molecule has 3 aromatic rings. The number of nitrogens with one attached hydrogen (secondary N) is 1. The van der Waals surface area contributed by atoms with E-state index in [2.05, 4.69) is 20.2 Å². The molecule has 9 heteroatoms. The van der Waals surface area contributed by atoms with E-state index in [0.29, 0.717) is 21.7 Å². The third-order valence-electron chi connectivity index (χ3n) is 7.43. The van der Waals surface area contributed by atoms with Crippen molar-refractivity contribution in [1.82, 2.24) is 24.9 Å². The van der Waals surface area contributed by atoms with Crippen LogP contribution >= 0.6 is 11.6 Å². The topological polar surface area (TPSA) is 104 Å². The van der Waals surface area contributed by atoms with Gasteiger partial charge in [-0.15, -0.1) is 0 Å². The first kappa shape index (κ1) is 22.3. The molecule has 1 saturated carbocycles. The van der Waals surface area contributed by atoms with Gasteiger partial charge in [0.2, 0.25) is 0 Å². The van der Waals surface area contributed by atoms with Gasteiger partial charge in [0.15, 0.2) is 0 Å². The summed E-state index contributed by atoms with van der Waals surface area (Å²) in [6, 6.07) is 5.31. The predicted octanol–water partition coefficient (Wildman–Crippen LogP) is 2.09. The molecule has 2 fully saturated rings. The zero-order valence-corrected chi connectivity index (χ0v) is 19.4. The summed E-state index contributed by atoms with van der Waals surface area (Å²) in [5, 5.41) is 22.3. The number of nitrogens with zero attached hydrogens (tertiary/aromatic N) is 4. The molecule has 1 aromatic carbocycles. The van der Waals surface area contributed by atoms with Crippen LogP contribution in [0.15, 0.2) is 40.2 Å². The standard InChI is InChI=1S/C24H28ClN5O3/c1-29-23(33)22-18(11-27-29)17(4-5-20(22)25)19(12-31)16-8-24(9-16)13-30(14-24)6-2-3-15-7-21(32)28-26-10-15/h4-5,7,10-11,16,19,31H,2-3,6,8-9,12-14H2,1H3,(H,28,32)/t19-/m0/s1. The molecule has 0 amide bonds. The molecule has 1 aliphatic heterocycles. The number of benzene rings is 1. The molecule has 1 spiro atoms. The number of aromatic amines is 1. The first-order valence-corrected chi connectivity index (χ1v) is 11.8. The molecular formula is C24H28ClN5O3. The van der Waals surface area contributed by atoms with Crippen LogP contribution in [0.1, 0.15) is 36.3 Å². The number of hydrogen-bond acceptors (Lipinski definition) is 6. The van der Waals surface area contributed by atoms with Crippen LogP contribution in [0.25, 0.3) is 10.8 Å². The first-order valence-electron chi connectivity index (χ1n) is 11.4. The van der Waals surface area contributed by atoms with E-state index >= 15 is 0 Å². The predicted molar refractivity (Wildman–Crippen MR) is 127 cm³/mol. The number of aromatic nitrogens is 4. The van der Waals surface area contributed by atoms with Gasteiger partial charge in [0.1, 0.15) is 0 Å². The summed E-state index contributed by atoms with van der Waals surface area (Å²) in [6.07, 6.45) is 7.42. The smallest absolute Gasteiger partial charge is 0.275 e. The number of aryl methyl sites for hydroxylation is 2. The summed E-state index contributed by atoms with van der Waals surface area (Å²) in [7, 11) is 1.61. The molecule has 2 aromatic heterocycles. The van der Waals surface area contributed by atoms with E-state index in [1.165, 1.54) is 4.68 Å². The summed E-state index contributed by atoms with van der Waals surface area (Å²) >= 11 is 6.33. The normalized spacial score (nSPS) is 18.9. The summed E-state index contributed by atoms with van der Waals surface area (Å²) < 4.78 is 1.29. The second-order valence-corrected chi connectivity index (χ2v) is 10.1. The van der Waals surface area contributed by atoms with E-state index in [9.17, 15) is 14.7 Å². The lowest BCUT2D eigenvalue weighted by molar-refractivity contribution is -0.104. The highest BCUT2D eigenvalue weighted by atomic mass is 35.5. The van der Waals surface area contributed by atoms with Gasteiger partial charge < -0.3 is 10.0 Å². The van der Waals surface area contributed by atoms with Crippen molar-refractivity contribution in [2.75, 3.05) is 26.2 Å². The molecular weight excluding hydrogens is 442 g/mol. The van der Waals surface area contributed by atoms with Crippen molar-refractivity contribution in [3.8, 4) is 0 Å². The molecule has 0 bridgehead atoms. The van der Waals surface area contributed by atoms with Crippen molar-refractivity contribution in [2.24, 2.45) is 18.4 Å². The molecule has 5 rings (SSSR count). The quantitative estimate of drug-likeness (QED) is 0.549. The van der Waals surface area contributed by atoms with Crippen LogP contribution in [0.5, 0.6) is 0 Å². The number of halogens is 1. The minimum atomic E-state index is -0.216. The van der Waals surface area contributed by atoms with Crippen molar-refractivity contribution < 1.29 is 5.11 Å². The van der Waals surface area contributed by atoms with Gasteiger partial charge in [0, 0.05) is 37.5 Å². The first-order chi connectivity index (χ1) is 15.9. The fourth-order valence-corrected chi connectivity index (χ4v) is 6.11. The zero-order chi connectivity index (χ0) is 23.2. The Balaban J connectivity index is 1.20. The maximum absolute atomic E-state index is 12.6. The number of H-pyrrole nitrogens is 1. The highest BCUT2D eigenvalue weighted by Gasteiger charge is 2.53. The highest BCUT2D eigenvalue weighted by Crippen LogP contribution is 2.56. The minimum Gasteiger partial charge on any atom is -0.396 e. The van der Waals surface area contributed by atoms with E-state index in [1.807, 2.05) is 6.07 Å². The van der Waals surface area contributed by atoms with Crippen LogP contribution < -0.4 is 11.1 Å². The Labute approximate surface area is 196 Å². The van der Waals surface area contributed by atoms with Gasteiger partial charge in [-0.25, -0.2) is 9.78 Å². The largest absolute Gasteiger partial charge is 0.396 e. The van der Waals surface area contributed by atoms with Gasteiger partial charge in [-0.1, -0.05) is 17.7 Å². The van der Waals surface area contributed by atoms with Crippen molar-refractivity contribution in [1.29, 1.82) is 0 Å². The zero-order valence-electron chi connectivity index (χ0n) is 18.6. The molecule has 1 saturated heterocycles. The molecule has 2 N–H and O–H groups in total. The average Bonchev–Trinajstić information content (AvgIpc) is 2.74. The fourth-order valence-electron chi connectivity index (χ4n) is 5.86. The molecule has 1 aliphatic carbocycles. The minimum absolute atomic E-state index is 0.0259. The Bertz CT molecular complexity index is 1290. The maximum atomic E-state index is 12.6. The molecule has 8 nitrogen and oxygen atoms in total. The van der Waals surface area contributed by atoms with Gasteiger partial charge in [-0.3, -0.25) is 9.59 Å². The summed E-state index contributed by atoms with van der Waals surface area (Å²) in [5.41, 5.74) is 1.92. The van der Waals surface area contributed by atoms with Crippen LogP contribution in [-0.4, -0.2) is 56.2 Å². The summed E-state index contributed by atoms with van der Waals surface area (Å²) in [4.78, 5) is 26.4. The van der Waals surface area contributed by atoms with Crippen LogP contribution in [0, 0.1) is 11.3 Å². The Hall–Kier alpha value is -2.55. The second kappa shape index (κ2) is 8.66. The van der Waals surface area contributed by atoms with Crippen molar-refractivity contribution in [3.63, 3.8) is 0 Å². The van der Waals surface area contributed by atoms with E-state index in [4.69, 9.17) is 11.6 Å². The Kier molecular flexibility index (Phi) is 5.84. The number of hydrogen-bond donors (Lipinski definition) is 2. The van der Waals surface area contributed by atoms with E-state index in [0.717, 1.165) is 61.8 Å². The van der Waals surface area contributed by atoms with Crippen molar-refractivity contribution in [2.45, 2.75) is 31.6 Å². The third kappa shape index (κ3) is 4.11. The maximum Gasteiger partial charge on any atom is 0.275 e. The monoisotopic (exact) mass is 469 g/mol. The number of fused-ring (bicyclic) bond motifs is 1. The van der Waals surface area contributed by atoms with E-state index in [1.54, 1.807) is 31.6 Å². The molecule has 33 heavy (non-hydrogen) atoms. The SMILES string of the molecule is Cn1ncc2c([C@@H](CO)C3CC4(C3)CN(CCCc3cn[nH]c(=O)c3)C4)ccc(Cl)c2c1=O. The summed E-state index contributed by atoms with van der Waals surface area (Å²) in [5.74, 6) is 0.356. The van der Waals surface area contributed by atoms with E-state index < -0.39 is 0 Å². The van der Waals surface area contributed by atoms with Crippen molar-refractivity contribution >= 4 is 22.4 Å². The third-order valence-corrected chi connectivity index (χ3v) is 7.75.